The van der Waals surface area contributed by atoms with E-state index >= 15 is 0 Å². The zero-order valence-electron chi connectivity index (χ0n) is 20.7. The van der Waals surface area contributed by atoms with E-state index in [1.807, 2.05) is 59.5 Å². The molecule has 0 saturated carbocycles. The number of nitrogens with zero attached hydrogens (tertiary/aromatic N) is 3. The van der Waals surface area contributed by atoms with Gasteiger partial charge in [0.25, 0.3) is 5.56 Å². The zero-order valence-corrected chi connectivity index (χ0v) is 20.7. The van der Waals surface area contributed by atoms with Gasteiger partial charge in [0.1, 0.15) is 0 Å². The zero-order chi connectivity index (χ0) is 24.9. The fourth-order valence-corrected chi connectivity index (χ4v) is 4.92. The quantitative estimate of drug-likeness (QED) is 0.422. The van der Waals surface area contributed by atoms with Gasteiger partial charge in [0.15, 0.2) is 5.82 Å². The van der Waals surface area contributed by atoms with Gasteiger partial charge in [-0.25, -0.2) is 4.98 Å². The molecule has 1 aromatic heterocycles. The van der Waals surface area contributed by atoms with Crippen molar-refractivity contribution in [2.75, 3.05) is 18.0 Å². The number of amides is 1. The third-order valence-corrected chi connectivity index (χ3v) is 7.01. The molecule has 1 saturated heterocycles. The molecule has 1 N–H and O–H groups in total. The summed E-state index contributed by atoms with van der Waals surface area (Å²) in [4.78, 5) is 33.5. The molecule has 1 fully saturated rings. The number of piperidine rings is 1. The molecular weight excluding hydrogens is 448 g/mol. The molecule has 0 bridgehead atoms. The molecule has 0 spiro atoms. The van der Waals surface area contributed by atoms with Crippen LogP contribution in [0.3, 0.4) is 0 Å². The van der Waals surface area contributed by atoms with Gasteiger partial charge in [0, 0.05) is 19.6 Å². The SMILES string of the molecule is CCc1ccc(CNC(=O)[C@@H]2CCCN(c3nc4ccccc4n(Cc4ccccc4)c3=O)C2)cc1. The monoisotopic (exact) mass is 480 g/mol. The topological polar surface area (TPSA) is 67.2 Å². The van der Waals surface area contributed by atoms with Crippen molar-refractivity contribution in [1.29, 1.82) is 0 Å². The van der Waals surface area contributed by atoms with Gasteiger partial charge in [0.2, 0.25) is 5.91 Å². The molecule has 5 rings (SSSR count). The maximum Gasteiger partial charge on any atom is 0.294 e. The molecule has 36 heavy (non-hydrogen) atoms. The molecule has 0 radical (unpaired) electrons. The lowest BCUT2D eigenvalue weighted by atomic mass is 9.97. The van der Waals surface area contributed by atoms with Crippen LogP contribution in [0.1, 0.15) is 36.5 Å². The van der Waals surface area contributed by atoms with Crippen molar-refractivity contribution in [1.82, 2.24) is 14.9 Å². The van der Waals surface area contributed by atoms with Crippen LogP contribution in [0.25, 0.3) is 11.0 Å². The van der Waals surface area contributed by atoms with Gasteiger partial charge in [-0.2, -0.15) is 0 Å². The van der Waals surface area contributed by atoms with Crippen LogP contribution < -0.4 is 15.8 Å². The number of fused-ring (bicyclic) bond motifs is 1. The Morgan fingerprint density at radius 2 is 1.67 bits per heavy atom. The van der Waals surface area contributed by atoms with Crippen molar-refractivity contribution in [3.63, 3.8) is 0 Å². The summed E-state index contributed by atoms with van der Waals surface area (Å²) in [5, 5.41) is 3.10. The average Bonchev–Trinajstić information content (AvgIpc) is 2.94. The van der Waals surface area contributed by atoms with Gasteiger partial charge >= 0.3 is 0 Å². The molecule has 1 aliphatic heterocycles. The number of carbonyl (C=O) groups excluding carboxylic acids is 1. The lowest BCUT2D eigenvalue weighted by Gasteiger charge is -2.32. The number of nitrogens with one attached hydrogen (secondary N) is 1. The average molecular weight is 481 g/mol. The summed E-state index contributed by atoms with van der Waals surface area (Å²) in [6.07, 6.45) is 2.65. The molecule has 1 aliphatic rings. The third-order valence-electron chi connectivity index (χ3n) is 7.01. The minimum absolute atomic E-state index is 0.0321. The summed E-state index contributed by atoms with van der Waals surface area (Å²) in [6.45, 7) is 4.33. The lowest BCUT2D eigenvalue weighted by Crippen LogP contribution is -2.45. The van der Waals surface area contributed by atoms with E-state index in [0.717, 1.165) is 41.4 Å². The number of para-hydroxylation sites is 2. The fraction of sp³-hybridized carbons (Fsp3) is 0.300. The molecule has 4 aromatic rings. The Labute approximate surface area is 211 Å². The first-order valence-corrected chi connectivity index (χ1v) is 12.8. The summed E-state index contributed by atoms with van der Waals surface area (Å²) in [6, 6.07) is 26.1. The summed E-state index contributed by atoms with van der Waals surface area (Å²) in [5.74, 6) is 0.283. The molecular formula is C30H32N4O2. The minimum atomic E-state index is -0.177. The van der Waals surface area contributed by atoms with Crippen molar-refractivity contribution < 1.29 is 4.79 Å². The molecule has 3 aromatic carbocycles. The van der Waals surface area contributed by atoms with Crippen LogP contribution in [0, 0.1) is 5.92 Å². The molecule has 2 heterocycles. The number of hydrogen-bond donors (Lipinski definition) is 1. The molecule has 184 valence electrons. The highest BCUT2D eigenvalue weighted by Crippen LogP contribution is 2.22. The normalized spacial score (nSPS) is 15.7. The summed E-state index contributed by atoms with van der Waals surface area (Å²) in [7, 11) is 0. The molecule has 1 amide bonds. The maximum absolute atomic E-state index is 13.7. The van der Waals surface area contributed by atoms with Gasteiger partial charge < -0.3 is 10.2 Å². The first kappa shape index (κ1) is 23.8. The summed E-state index contributed by atoms with van der Waals surface area (Å²) in [5.41, 5.74) is 4.92. The van der Waals surface area contributed by atoms with Crippen molar-refractivity contribution >= 4 is 22.8 Å². The van der Waals surface area contributed by atoms with E-state index in [0.29, 0.717) is 32.0 Å². The number of aryl methyl sites for hydroxylation is 1. The van der Waals surface area contributed by atoms with E-state index in [4.69, 9.17) is 4.98 Å². The van der Waals surface area contributed by atoms with Gasteiger partial charge in [-0.15, -0.1) is 0 Å². The highest BCUT2D eigenvalue weighted by atomic mass is 16.2. The number of anilines is 1. The van der Waals surface area contributed by atoms with Crippen molar-refractivity contribution in [3.8, 4) is 0 Å². The first-order valence-electron chi connectivity index (χ1n) is 12.8. The second-order valence-corrected chi connectivity index (χ2v) is 9.47. The van der Waals surface area contributed by atoms with E-state index in [-0.39, 0.29) is 17.4 Å². The fourth-order valence-electron chi connectivity index (χ4n) is 4.92. The number of aromatic nitrogens is 2. The molecule has 0 aliphatic carbocycles. The summed E-state index contributed by atoms with van der Waals surface area (Å²) < 4.78 is 1.80. The van der Waals surface area contributed by atoms with Gasteiger partial charge in [-0.1, -0.05) is 73.7 Å². The molecule has 6 nitrogen and oxygen atoms in total. The largest absolute Gasteiger partial charge is 0.352 e. The Morgan fingerprint density at radius 1 is 0.944 bits per heavy atom. The van der Waals surface area contributed by atoms with Gasteiger partial charge in [0.05, 0.1) is 23.5 Å². The Bertz CT molecular complexity index is 1400. The molecule has 6 heteroatoms. The lowest BCUT2D eigenvalue weighted by molar-refractivity contribution is -0.125. The number of rotatable bonds is 7. The van der Waals surface area contributed by atoms with E-state index in [1.54, 1.807) is 4.57 Å². The van der Waals surface area contributed by atoms with Crippen LogP contribution in [-0.2, 0) is 24.3 Å². The Morgan fingerprint density at radius 3 is 2.44 bits per heavy atom. The van der Waals surface area contributed by atoms with Crippen molar-refractivity contribution in [2.45, 2.75) is 39.3 Å². The Balaban J connectivity index is 1.36. The highest BCUT2D eigenvalue weighted by Gasteiger charge is 2.28. The van der Waals surface area contributed by atoms with Gasteiger partial charge in [-0.05, 0) is 48.1 Å². The first-order chi connectivity index (χ1) is 17.6. The highest BCUT2D eigenvalue weighted by molar-refractivity contribution is 5.80. The smallest absolute Gasteiger partial charge is 0.294 e. The van der Waals surface area contributed by atoms with Crippen LogP contribution >= 0.6 is 0 Å². The van der Waals surface area contributed by atoms with Crippen LogP contribution in [0.2, 0.25) is 0 Å². The van der Waals surface area contributed by atoms with E-state index in [2.05, 4.69) is 36.5 Å². The number of benzene rings is 3. The van der Waals surface area contributed by atoms with Crippen LogP contribution in [0.4, 0.5) is 5.82 Å². The second kappa shape index (κ2) is 10.8. The standard InChI is InChI=1S/C30H32N4O2/c1-2-22-14-16-23(17-15-22)19-31-29(35)25-11-8-18-33(21-25)28-30(36)34(20-24-9-4-3-5-10-24)27-13-7-6-12-26(27)32-28/h3-7,9-10,12-17,25H,2,8,11,18-21H2,1H3,(H,31,35)/t25-/m1/s1. The third kappa shape index (κ3) is 5.18. The van der Waals surface area contributed by atoms with E-state index in [1.165, 1.54) is 5.56 Å². The molecule has 0 unspecified atom stereocenters. The molecule has 1 atom stereocenters. The second-order valence-electron chi connectivity index (χ2n) is 9.47. The predicted octanol–water partition coefficient (Wildman–Crippen LogP) is 4.54. The Kier molecular flexibility index (Phi) is 7.12. The number of hydrogen-bond acceptors (Lipinski definition) is 4. The van der Waals surface area contributed by atoms with Crippen molar-refractivity contribution in [2.24, 2.45) is 5.92 Å². The van der Waals surface area contributed by atoms with Crippen LogP contribution in [0.15, 0.2) is 83.7 Å². The number of carbonyl (C=O) groups is 1. The van der Waals surface area contributed by atoms with Crippen molar-refractivity contribution in [3.05, 3.63) is 106 Å². The van der Waals surface area contributed by atoms with Crippen LogP contribution in [0.5, 0.6) is 0 Å². The predicted molar refractivity (Wildman–Crippen MR) is 144 cm³/mol. The van der Waals surface area contributed by atoms with Gasteiger partial charge in [-0.3, -0.25) is 14.2 Å². The summed E-state index contributed by atoms with van der Waals surface area (Å²) >= 11 is 0. The Hall–Kier alpha value is -3.93. The van der Waals surface area contributed by atoms with Crippen LogP contribution in [-0.4, -0.2) is 28.5 Å². The minimum Gasteiger partial charge on any atom is -0.352 e. The maximum atomic E-state index is 13.7. The van der Waals surface area contributed by atoms with E-state index < -0.39 is 0 Å². The van der Waals surface area contributed by atoms with E-state index in [9.17, 15) is 9.59 Å².